The molecule has 2 rings (SSSR count). The summed E-state index contributed by atoms with van der Waals surface area (Å²) < 4.78 is 5.79. The van der Waals surface area contributed by atoms with Gasteiger partial charge in [0.25, 0.3) is 0 Å². The first kappa shape index (κ1) is 27.0. The number of aryl methyl sites for hydroxylation is 1. The van der Waals surface area contributed by atoms with Gasteiger partial charge in [-0.1, -0.05) is 24.6 Å². The predicted octanol–water partition coefficient (Wildman–Crippen LogP) is 4.91. The van der Waals surface area contributed by atoms with E-state index in [1.165, 1.54) is 4.90 Å². The molecule has 10 heteroatoms. The number of piperazine rings is 1. The molecule has 0 bridgehead atoms. The van der Waals surface area contributed by atoms with Crippen molar-refractivity contribution in [2.24, 2.45) is 4.99 Å². The largest absolute Gasteiger partial charge is 0.480 e. The molecule has 1 amide bonds. The van der Waals surface area contributed by atoms with Crippen LogP contribution in [-0.4, -0.2) is 69.1 Å². The lowest BCUT2D eigenvalue weighted by Crippen LogP contribution is -2.59. The molecule has 0 aliphatic carbocycles. The Morgan fingerprint density at radius 3 is 2.67 bits per heavy atom. The van der Waals surface area contributed by atoms with Crippen molar-refractivity contribution in [3.05, 3.63) is 46.6 Å². The van der Waals surface area contributed by atoms with Crippen molar-refractivity contribution in [1.29, 1.82) is 5.41 Å². The number of carboxylic acid groups (broad SMARTS) is 1. The van der Waals surface area contributed by atoms with Gasteiger partial charge in [0.15, 0.2) is 0 Å². The number of aliphatic imine (C=N–C) groups is 1. The summed E-state index contributed by atoms with van der Waals surface area (Å²) in [4.78, 5) is 32.2. The van der Waals surface area contributed by atoms with Crippen molar-refractivity contribution in [2.45, 2.75) is 51.8 Å². The third-order valence-corrected chi connectivity index (χ3v) is 5.78. The van der Waals surface area contributed by atoms with E-state index >= 15 is 0 Å². The number of hydrogen-bond acceptors (Lipinski definition) is 6. The molecule has 0 saturated carbocycles. The van der Waals surface area contributed by atoms with Gasteiger partial charge in [-0.05, 0) is 72.5 Å². The van der Waals surface area contributed by atoms with Gasteiger partial charge in [-0.2, -0.15) is 0 Å². The number of halogens is 2. The smallest absolute Gasteiger partial charge is 0.411 e. The Labute approximate surface area is 207 Å². The SMILES string of the molecule is CCc1cc(Cl)ccc1C(/C=C/N=C(Br)C=N)N1CCN(C(=O)OC(C)(C)C)C(C(=O)O)C1. The fraction of sp³-hybridized carbons (Fsp3) is 0.478. The van der Waals surface area contributed by atoms with Crippen LogP contribution in [0.4, 0.5) is 4.79 Å². The predicted molar refractivity (Wildman–Crippen MR) is 134 cm³/mol. The van der Waals surface area contributed by atoms with Gasteiger partial charge in [0.05, 0.1) is 12.3 Å². The highest BCUT2D eigenvalue weighted by Gasteiger charge is 2.39. The zero-order valence-corrected chi connectivity index (χ0v) is 21.6. The van der Waals surface area contributed by atoms with Crippen LogP contribution in [0.25, 0.3) is 0 Å². The lowest BCUT2D eigenvalue weighted by Gasteiger charge is -2.42. The fourth-order valence-corrected chi connectivity index (χ4v) is 3.94. The van der Waals surface area contributed by atoms with Crippen molar-refractivity contribution < 1.29 is 19.4 Å². The molecule has 180 valence electrons. The molecule has 1 heterocycles. The van der Waals surface area contributed by atoms with Crippen LogP contribution >= 0.6 is 27.5 Å². The zero-order valence-electron chi connectivity index (χ0n) is 19.2. The third kappa shape index (κ3) is 7.65. The van der Waals surface area contributed by atoms with Crippen LogP contribution in [0.1, 0.15) is 44.9 Å². The Morgan fingerprint density at radius 2 is 2.09 bits per heavy atom. The zero-order chi connectivity index (χ0) is 24.8. The fourth-order valence-electron chi connectivity index (χ4n) is 3.63. The summed E-state index contributed by atoms with van der Waals surface area (Å²) in [5.74, 6) is -1.09. The van der Waals surface area contributed by atoms with E-state index in [2.05, 4.69) is 20.9 Å². The summed E-state index contributed by atoms with van der Waals surface area (Å²) in [7, 11) is 0. The number of aliphatic carboxylic acids is 1. The van der Waals surface area contributed by atoms with E-state index in [1.807, 2.05) is 30.0 Å². The number of carbonyl (C=O) groups is 2. The highest BCUT2D eigenvalue weighted by molar-refractivity contribution is 9.19. The second kappa shape index (κ2) is 11.8. The molecule has 0 radical (unpaired) electrons. The number of carboxylic acids is 1. The van der Waals surface area contributed by atoms with Crippen LogP contribution in [0, 0.1) is 5.41 Å². The van der Waals surface area contributed by atoms with Crippen LogP contribution in [0.15, 0.2) is 35.5 Å². The molecule has 1 fully saturated rings. The molecule has 1 aliphatic rings. The number of carbonyl (C=O) groups excluding carboxylic acids is 1. The molecule has 1 aliphatic heterocycles. The van der Waals surface area contributed by atoms with Crippen molar-refractivity contribution in [3.8, 4) is 0 Å². The summed E-state index contributed by atoms with van der Waals surface area (Å²) >= 11 is 9.38. The highest BCUT2D eigenvalue weighted by atomic mass is 79.9. The highest BCUT2D eigenvalue weighted by Crippen LogP contribution is 2.31. The number of hydrogen-bond donors (Lipinski definition) is 2. The van der Waals surface area contributed by atoms with E-state index < -0.39 is 23.7 Å². The number of ether oxygens (including phenoxy) is 1. The van der Waals surface area contributed by atoms with Gasteiger partial charge in [-0.3, -0.25) is 9.80 Å². The molecule has 0 spiro atoms. The summed E-state index contributed by atoms with van der Waals surface area (Å²) in [6.07, 6.45) is 4.63. The summed E-state index contributed by atoms with van der Waals surface area (Å²) in [5.41, 5.74) is 1.30. The average Bonchev–Trinajstić information content (AvgIpc) is 2.75. The number of nitrogens with one attached hydrogen (secondary N) is 1. The van der Waals surface area contributed by atoms with Gasteiger partial charge in [0, 0.05) is 30.9 Å². The summed E-state index contributed by atoms with van der Waals surface area (Å²) in [5, 5.41) is 17.8. The minimum atomic E-state index is -1.09. The molecule has 1 saturated heterocycles. The van der Waals surface area contributed by atoms with Crippen molar-refractivity contribution >= 4 is 50.4 Å². The normalized spacial score (nSPS) is 18.9. The lowest BCUT2D eigenvalue weighted by molar-refractivity contribution is -0.146. The van der Waals surface area contributed by atoms with E-state index in [-0.39, 0.29) is 19.1 Å². The van der Waals surface area contributed by atoms with Crippen LogP contribution in [0.3, 0.4) is 0 Å². The van der Waals surface area contributed by atoms with Crippen molar-refractivity contribution in [3.63, 3.8) is 0 Å². The van der Waals surface area contributed by atoms with Crippen LogP contribution in [-0.2, 0) is 16.0 Å². The minimum Gasteiger partial charge on any atom is -0.480 e. The van der Waals surface area contributed by atoms with E-state index in [9.17, 15) is 14.7 Å². The molecule has 1 aromatic carbocycles. The molecule has 2 atom stereocenters. The first-order chi connectivity index (χ1) is 15.5. The van der Waals surface area contributed by atoms with Crippen molar-refractivity contribution in [2.75, 3.05) is 19.6 Å². The Bertz CT molecular complexity index is 945. The molecular weight excluding hydrogens is 512 g/mol. The molecule has 33 heavy (non-hydrogen) atoms. The molecule has 1 aromatic rings. The Morgan fingerprint density at radius 1 is 1.39 bits per heavy atom. The second-order valence-electron chi connectivity index (χ2n) is 8.60. The molecule has 2 N–H and O–H groups in total. The van der Waals surface area contributed by atoms with Gasteiger partial charge >= 0.3 is 12.1 Å². The van der Waals surface area contributed by atoms with Crippen LogP contribution < -0.4 is 0 Å². The van der Waals surface area contributed by atoms with Crippen LogP contribution in [0.2, 0.25) is 5.02 Å². The lowest BCUT2D eigenvalue weighted by atomic mass is 9.96. The van der Waals surface area contributed by atoms with Crippen LogP contribution in [0.5, 0.6) is 0 Å². The third-order valence-electron chi connectivity index (χ3n) is 5.11. The van der Waals surface area contributed by atoms with Gasteiger partial charge < -0.3 is 15.3 Å². The van der Waals surface area contributed by atoms with Gasteiger partial charge in [-0.15, -0.1) is 0 Å². The Kier molecular flexibility index (Phi) is 9.63. The average molecular weight is 542 g/mol. The topological polar surface area (TPSA) is 106 Å². The van der Waals surface area contributed by atoms with Gasteiger partial charge in [0.1, 0.15) is 16.3 Å². The maximum absolute atomic E-state index is 12.6. The number of amides is 1. The van der Waals surface area contributed by atoms with E-state index in [0.29, 0.717) is 16.2 Å². The molecule has 2 unspecified atom stereocenters. The molecule has 0 aromatic heterocycles. The minimum absolute atomic E-state index is 0.116. The van der Waals surface area contributed by atoms with E-state index in [0.717, 1.165) is 23.8 Å². The first-order valence-electron chi connectivity index (χ1n) is 10.6. The molecular formula is C23H30BrClN4O4. The maximum atomic E-state index is 12.6. The summed E-state index contributed by atoms with van der Waals surface area (Å²) in [6.45, 7) is 8.04. The first-order valence-corrected chi connectivity index (χ1v) is 11.8. The summed E-state index contributed by atoms with van der Waals surface area (Å²) in [6, 6.07) is 4.29. The maximum Gasteiger partial charge on any atom is 0.411 e. The van der Waals surface area contributed by atoms with E-state index in [1.54, 1.807) is 33.0 Å². The molecule has 8 nitrogen and oxygen atoms in total. The Balaban J connectivity index is 2.40. The number of benzene rings is 1. The monoisotopic (exact) mass is 540 g/mol. The van der Waals surface area contributed by atoms with Gasteiger partial charge in [-0.25, -0.2) is 14.6 Å². The second-order valence-corrected chi connectivity index (χ2v) is 9.85. The van der Waals surface area contributed by atoms with E-state index in [4.69, 9.17) is 21.7 Å². The number of nitrogens with zero attached hydrogens (tertiary/aromatic N) is 3. The van der Waals surface area contributed by atoms with Crippen molar-refractivity contribution in [1.82, 2.24) is 9.80 Å². The standard InChI is InChI=1S/C23H30BrClN4O4/c1-5-15-12-16(25)6-7-17(15)18(8-9-27-20(24)13-26)28-10-11-29(19(14-28)21(30)31)22(32)33-23(2,3)4/h6-9,12-13,18-19,26H,5,10-11,14H2,1-4H3,(H,30,31)/b9-8+,26-13?,27-20?. The number of rotatable bonds is 7. The Hall–Kier alpha value is -2.23. The van der Waals surface area contributed by atoms with Gasteiger partial charge in [0.2, 0.25) is 0 Å². The quantitative estimate of drug-likeness (QED) is 0.477.